The van der Waals surface area contributed by atoms with Gasteiger partial charge in [0.15, 0.2) is 12.3 Å². The zero-order valence-electron chi connectivity index (χ0n) is 18.8. The molecule has 0 atom stereocenters. The van der Waals surface area contributed by atoms with Crippen LogP contribution in [0.4, 0.5) is 11.5 Å². The van der Waals surface area contributed by atoms with E-state index in [1.54, 1.807) is 0 Å². The topological polar surface area (TPSA) is 127 Å². The van der Waals surface area contributed by atoms with Crippen LogP contribution in [0.2, 0.25) is 5.02 Å². The Bertz CT molecular complexity index is 1280. The Morgan fingerprint density at radius 1 is 1.09 bits per heavy atom. The van der Waals surface area contributed by atoms with Gasteiger partial charge >= 0.3 is 11.7 Å². The number of nitrogens with zero attached hydrogens (tertiary/aromatic N) is 2. The fourth-order valence-electron chi connectivity index (χ4n) is 3.32. The van der Waals surface area contributed by atoms with Gasteiger partial charge in [-0.05, 0) is 35.7 Å². The third-order valence-corrected chi connectivity index (χ3v) is 5.17. The SMILES string of the molecule is CC(C)CN(C(=O)COC(=O)c1ccc(Cl)cc1)c1c(N)n(Cc2ccccc2)c(=O)[nH]c1=O. The molecule has 0 fully saturated rings. The molecule has 0 spiro atoms. The summed E-state index contributed by atoms with van der Waals surface area (Å²) in [5.41, 5.74) is 5.58. The lowest BCUT2D eigenvalue weighted by Crippen LogP contribution is -2.44. The molecule has 1 aromatic heterocycles. The van der Waals surface area contributed by atoms with E-state index >= 15 is 0 Å². The van der Waals surface area contributed by atoms with Gasteiger partial charge in [-0.2, -0.15) is 0 Å². The van der Waals surface area contributed by atoms with Gasteiger partial charge in [-0.15, -0.1) is 0 Å². The summed E-state index contributed by atoms with van der Waals surface area (Å²) >= 11 is 5.82. The highest BCUT2D eigenvalue weighted by molar-refractivity contribution is 6.30. The Hall–Kier alpha value is -3.85. The number of ether oxygens (including phenoxy) is 1. The molecule has 0 aliphatic rings. The van der Waals surface area contributed by atoms with Crippen LogP contribution in [0.3, 0.4) is 0 Å². The number of carbonyl (C=O) groups excluding carboxylic acids is 2. The average Bonchev–Trinajstić information content (AvgIpc) is 2.80. The number of nitrogen functional groups attached to an aromatic ring is 1. The zero-order chi connectivity index (χ0) is 24.8. The molecular weight excluding hydrogens is 460 g/mol. The number of hydrogen-bond acceptors (Lipinski definition) is 6. The molecule has 3 rings (SSSR count). The van der Waals surface area contributed by atoms with Crippen LogP contribution in [0.1, 0.15) is 29.8 Å². The molecular formula is C24H25ClN4O5. The Labute approximate surface area is 200 Å². The first-order valence-corrected chi connectivity index (χ1v) is 10.9. The number of nitrogens with two attached hydrogens (primary N) is 1. The molecule has 1 amide bonds. The minimum absolute atomic E-state index is 0.0516. The van der Waals surface area contributed by atoms with E-state index in [1.165, 1.54) is 28.8 Å². The van der Waals surface area contributed by atoms with Gasteiger partial charge in [0.2, 0.25) is 0 Å². The van der Waals surface area contributed by atoms with Crippen molar-refractivity contribution in [3.8, 4) is 0 Å². The predicted octanol–water partition coefficient (Wildman–Crippen LogP) is 2.67. The van der Waals surface area contributed by atoms with Crippen molar-refractivity contribution in [1.29, 1.82) is 0 Å². The number of anilines is 2. The lowest BCUT2D eigenvalue weighted by Gasteiger charge is -2.26. The Kier molecular flexibility index (Phi) is 7.91. The van der Waals surface area contributed by atoms with Gasteiger partial charge in [-0.3, -0.25) is 19.1 Å². The van der Waals surface area contributed by atoms with Crippen LogP contribution in [0.25, 0.3) is 0 Å². The molecule has 34 heavy (non-hydrogen) atoms. The highest BCUT2D eigenvalue weighted by atomic mass is 35.5. The smallest absolute Gasteiger partial charge is 0.338 e. The van der Waals surface area contributed by atoms with Crippen molar-refractivity contribution in [3.63, 3.8) is 0 Å². The fraction of sp³-hybridized carbons (Fsp3) is 0.250. The first-order chi connectivity index (χ1) is 16.2. The van der Waals surface area contributed by atoms with Crippen molar-refractivity contribution in [2.45, 2.75) is 20.4 Å². The van der Waals surface area contributed by atoms with Crippen LogP contribution < -0.4 is 21.9 Å². The number of nitrogens with one attached hydrogen (secondary N) is 1. The van der Waals surface area contributed by atoms with E-state index in [1.807, 2.05) is 44.2 Å². The summed E-state index contributed by atoms with van der Waals surface area (Å²) < 4.78 is 6.34. The van der Waals surface area contributed by atoms with E-state index in [0.717, 1.165) is 10.5 Å². The summed E-state index contributed by atoms with van der Waals surface area (Å²) in [5, 5.41) is 0.455. The van der Waals surface area contributed by atoms with Crippen LogP contribution >= 0.6 is 11.6 Å². The van der Waals surface area contributed by atoms with Gasteiger partial charge in [0, 0.05) is 11.6 Å². The second-order valence-electron chi connectivity index (χ2n) is 8.05. The number of H-pyrrole nitrogens is 1. The normalized spacial score (nSPS) is 10.8. The third-order valence-electron chi connectivity index (χ3n) is 4.92. The van der Waals surface area contributed by atoms with Crippen molar-refractivity contribution in [2.75, 3.05) is 23.8 Å². The molecule has 0 aliphatic heterocycles. The molecule has 0 saturated heterocycles. The molecule has 9 nitrogen and oxygen atoms in total. The van der Waals surface area contributed by atoms with Crippen molar-refractivity contribution in [1.82, 2.24) is 9.55 Å². The third kappa shape index (κ3) is 5.93. The van der Waals surface area contributed by atoms with E-state index in [2.05, 4.69) is 4.98 Å². The Morgan fingerprint density at radius 3 is 2.35 bits per heavy atom. The molecule has 0 saturated carbocycles. The molecule has 10 heteroatoms. The van der Waals surface area contributed by atoms with E-state index in [-0.39, 0.29) is 36.1 Å². The summed E-state index contributed by atoms with van der Waals surface area (Å²) in [5.74, 6) is -1.58. The highest BCUT2D eigenvalue weighted by Crippen LogP contribution is 2.20. The van der Waals surface area contributed by atoms with Crippen molar-refractivity contribution >= 4 is 35.0 Å². The Balaban J connectivity index is 1.90. The number of benzene rings is 2. The van der Waals surface area contributed by atoms with E-state index in [9.17, 15) is 19.2 Å². The highest BCUT2D eigenvalue weighted by Gasteiger charge is 2.26. The summed E-state index contributed by atoms with van der Waals surface area (Å²) in [6, 6.07) is 15.1. The number of rotatable bonds is 8. The molecule has 0 bridgehead atoms. The van der Waals surface area contributed by atoms with Gasteiger partial charge in [0.1, 0.15) is 5.82 Å². The fourth-order valence-corrected chi connectivity index (χ4v) is 3.44. The van der Waals surface area contributed by atoms with Gasteiger partial charge in [-0.25, -0.2) is 9.59 Å². The summed E-state index contributed by atoms with van der Waals surface area (Å²) in [7, 11) is 0. The molecule has 2 aromatic carbocycles. The number of aromatic nitrogens is 2. The van der Waals surface area contributed by atoms with Crippen LogP contribution in [-0.4, -0.2) is 34.6 Å². The number of carbonyl (C=O) groups is 2. The molecule has 3 N–H and O–H groups in total. The van der Waals surface area contributed by atoms with Gasteiger partial charge in [-0.1, -0.05) is 55.8 Å². The summed E-state index contributed by atoms with van der Waals surface area (Å²) in [6.45, 7) is 3.30. The lowest BCUT2D eigenvalue weighted by atomic mass is 10.2. The molecule has 0 aliphatic carbocycles. The molecule has 0 unspecified atom stereocenters. The number of hydrogen-bond donors (Lipinski definition) is 2. The minimum Gasteiger partial charge on any atom is -0.452 e. The molecule has 3 aromatic rings. The number of amides is 1. The number of halogens is 1. The maximum atomic E-state index is 13.1. The second-order valence-corrected chi connectivity index (χ2v) is 8.48. The lowest BCUT2D eigenvalue weighted by molar-refractivity contribution is -0.121. The van der Waals surface area contributed by atoms with Crippen molar-refractivity contribution in [3.05, 3.63) is 91.6 Å². The van der Waals surface area contributed by atoms with E-state index < -0.39 is 29.7 Å². The molecule has 178 valence electrons. The van der Waals surface area contributed by atoms with Crippen molar-refractivity contribution < 1.29 is 14.3 Å². The van der Waals surface area contributed by atoms with Crippen LogP contribution in [-0.2, 0) is 16.1 Å². The quantitative estimate of drug-likeness (QED) is 0.473. The summed E-state index contributed by atoms with van der Waals surface area (Å²) in [6.07, 6.45) is 0. The van der Waals surface area contributed by atoms with E-state index in [0.29, 0.717) is 5.02 Å². The Morgan fingerprint density at radius 2 is 1.74 bits per heavy atom. The maximum absolute atomic E-state index is 13.1. The van der Waals surface area contributed by atoms with Crippen LogP contribution in [0.5, 0.6) is 0 Å². The maximum Gasteiger partial charge on any atom is 0.338 e. The largest absolute Gasteiger partial charge is 0.452 e. The van der Waals surface area contributed by atoms with Gasteiger partial charge in [0.05, 0.1) is 12.1 Å². The van der Waals surface area contributed by atoms with E-state index in [4.69, 9.17) is 22.1 Å². The standard InChI is InChI=1S/C24H25ClN4O5/c1-15(2)12-28(19(30)14-34-23(32)17-8-10-18(25)11-9-17)20-21(26)29(24(33)27-22(20)31)13-16-6-4-3-5-7-16/h3-11,15H,12-14,26H2,1-2H3,(H,27,31,33). The second kappa shape index (κ2) is 10.8. The first-order valence-electron chi connectivity index (χ1n) is 10.6. The number of aromatic amines is 1. The zero-order valence-corrected chi connectivity index (χ0v) is 19.5. The summed E-state index contributed by atoms with van der Waals surface area (Å²) in [4.78, 5) is 53.9. The monoisotopic (exact) mass is 484 g/mol. The van der Waals surface area contributed by atoms with Gasteiger partial charge in [0.25, 0.3) is 11.5 Å². The van der Waals surface area contributed by atoms with Crippen molar-refractivity contribution in [2.24, 2.45) is 5.92 Å². The van der Waals surface area contributed by atoms with Crippen LogP contribution in [0, 0.1) is 5.92 Å². The number of esters is 1. The molecule has 0 radical (unpaired) electrons. The predicted molar refractivity (Wildman–Crippen MR) is 130 cm³/mol. The van der Waals surface area contributed by atoms with Gasteiger partial charge < -0.3 is 15.4 Å². The van der Waals surface area contributed by atoms with Crippen LogP contribution in [0.15, 0.2) is 64.2 Å². The minimum atomic E-state index is -0.801. The first kappa shape index (κ1) is 24.8. The molecule has 1 heterocycles. The average molecular weight is 485 g/mol.